The third kappa shape index (κ3) is 4.05. The van der Waals surface area contributed by atoms with E-state index in [4.69, 9.17) is 0 Å². The van der Waals surface area contributed by atoms with Crippen molar-refractivity contribution in [1.29, 1.82) is 0 Å². The molecular weight excluding hydrogens is 388 g/mol. The topological polar surface area (TPSA) is 40.5 Å². The minimum Gasteiger partial charge on any atom is -0.390 e. The van der Waals surface area contributed by atoms with Gasteiger partial charge >= 0.3 is 0 Å². The standard InChI is InChI=1S/C27H48O2S/c1-19(8-7-17-30(5,6)29)22-11-12-23-21-10-9-20-18-25(2,28)15-16-26(20,3)24(21)13-14-27(22,23)4/h9,19,21-24,28-29H,7-8,10-18H2,1-6H3/t19-,21?,22?,23?,24?,25+,26?,27?/m1/s1. The van der Waals surface area contributed by atoms with E-state index in [9.17, 15) is 9.66 Å². The predicted octanol–water partition coefficient (Wildman–Crippen LogP) is 7.27. The first-order chi connectivity index (χ1) is 13.9. The summed E-state index contributed by atoms with van der Waals surface area (Å²) in [5.74, 6) is 5.24. The lowest BCUT2D eigenvalue weighted by Crippen LogP contribution is -2.52. The fourth-order valence-corrected chi connectivity index (χ4v) is 9.61. The molecule has 4 aliphatic rings. The number of allylic oxidation sites excluding steroid dienone is 1. The summed E-state index contributed by atoms with van der Waals surface area (Å²) in [6.45, 7) is 9.74. The summed E-state index contributed by atoms with van der Waals surface area (Å²) in [6.07, 6.45) is 19.1. The Hall–Kier alpha value is 0.01000. The second kappa shape index (κ2) is 7.80. The number of hydrogen-bond acceptors (Lipinski definition) is 2. The van der Waals surface area contributed by atoms with Gasteiger partial charge in [-0.1, -0.05) is 32.4 Å². The lowest BCUT2D eigenvalue weighted by Gasteiger charge is -2.59. The van der Waals surface area contributed by atoms with Gasteiger partial charge < -0.3 is 9.66 Å². The lowest BCUT2D eigenvalue weighted by atomic mass is 9.46. The zero-order valence-corrected chi connectivity index (χ0v) is 21.4. The molecule has 2 nitrogen and oxygen atoms in total. The van der Waals surface area contributed by atoms with Gasteiger partial charge in [0.25, 0.3) is 0 Å². The van der Waals surface area contributed by atoms with Gasteiger partial charge in [-0.2, -0.15) is 0 Å². The molecule has 30 heavy (non-hydrogen) atoms. The van der Waals surface area contributed by atoms with Crippen LogP contribution < -0.4 is 0 Å². The van der Waals surface area contributed by atoms with Gasteiger partial charge in [0.05, 0.1) is 5.60 Å². The van der Waals surface area contributed by atoms with Gasteiger partial charge in [-0.05, 0) is 130 Å². The summed E-state index contributed by atoms with van der Waals surface area (Å²) in [4.78, 5) is 0. The first-order valence-electron chi connectivity index (χ1n) is 12.7. The molecular formula is C27H48O2S. The Morgan fingerprint density at radius 1 is 1.07 bits per heavy atom. The smallest absolute Gasteiger partial charge is 0.0657 e. The molecule has 0 aromatic rings. The fourth-order valence-electron chi connectivity index (χ4n) is 8.74. The van der Waals surface area contributed by atoms with Gasteiger partial charge in [0.15, 0.2) is 0 Å². The van der Waals surface area contributed by atoms with E-state index in [1.165, 1.54) is 51.4 Å². The lowest BCUT2D eigenvalue weighted by molar-refractivity contribution is -0.0705. The van der Waals surface area contributed by atoms with Crippen LogP contribution in [-0.4, -0.2) is 33.5 Å². The molecule has 3 fully saturated rings. The first-order valence-corrected chi connectivity index (χ1v) is 15.3. The van der Waals surface area contributed by atoms with Crippen LogP contribution in [0.2, 0.25) is 0 Å². The Morgan fingerprint density at radius 3 is 2.50 bits per heavy atom. The van der Waals surface area contributed by atoms with E-state index < -0.39 is 15.9 Å². The Kier molecular flexibility index (Phi) is 6.03. The predicted molar refractivity (Wildman–Crippen MR) is 131 cm³/mol. The molecule has 2 N–H and O–H groups in total. The highest BCUT2D eigenvalue weighted by atomic mass is 32.3. The van der Waals surface area contributed by atoms with Crippen molar-refractivity contribution in [3.8, 4) is 0 Å². The number of rotatable bonds is 5. The highest BCUT2D eigenvalue weighted by Crippen LogP contribution is 2.67. The van der Waals surface area contributed by atoms with Crippen LogP contribution >= 0.6 is 10.3 Å². The molecule has 0 heterocycles. The molecule has 0 aromatic carbocycles. The average Bonchev–Trinajstić information content (AvgIpc) is 2.98. The molecule has 0 bridgehead atoms. The summed E-state index contributed by atoms with van der Waals surface area (Å²) in [5, 5.41) is 10.7. The van der Waals surface area contributed by atoms with Gasteiger partial charge in [-0.3, -0.25) is 0 Å². The normalized spacial score (nSPS) is 47.7. The van der Waals surface area contributed by atoms with Gasteiger partial charge in [0, 0.05) is 0 Å². The monoisotopic (exact) mass is 436 g/mol. The fraction of sp³-hybridized carbons (Fsp3) is 0.926. The summed E-state index contributed by atoms with van der Waals surface area (Å²) in [5.41, 5.74) is 1.95. The van der Waals surface area contributed by atoms with E-state index in [1.54, 1.807) is 5.57 Å². The molecule has 0 aliphatic heterocycles. The van der Waals surface area contributed by atoms with Gasteiger partial charge in [-0.25, -0.2) is 0 Å². The van der Waals surface area contributed by atoms with Crippen molar-refractivity contribution in [2.24, 2.45) is 40.4 Å². The summed E-state index contributed by atoms with van der Waals surface area (Å²) in [6, 6.07) is 0. The third-order valence-corrected chi connectivity index (χ3v) is 11.7. The van der Waals surface area contributed by atoms with Crippen LogP contribution in [0.4, 0.5) is 0 Å². The molecule has 0 saturated heterocycles. The molecule has 0 spiro atoms. The second-order valence-electron chi connectivity index (χ2n) is 13.0. The van der Waals surface area contributed by atoms with Crippen molar-refractivity contribution in [2.45, 2.75) is 97.5 Å². The van der Waals surface area contributed by atoms with E-state index in [1.807, 2.05) is 19.4 Å². The Morgan fingerprint density at radius 2 is 1.80 bits per heavy atom. The van der Waals surface area contributed by atoms with Crippen molar-refractivity contribution in [3.63, 3.8) is 0 Å². The number of aliphatic hydroxyl groups is 1. The summed E-state index contributed by atoms with van der Waals surface area (Å²) >= 11 is 0. The van der Waals surface area contributed by atoms with Gasteiger partial charge in [0.2, 0.25) is 0 Å². The van der Waals surface area contributed by atoms with Crippen molar-refractivity contribution in [3.05, 3.63) is 11.6 Å². The van der Waals surface area contributed by atoms with Gasteiger partial charge in [-0.15, -0.1) is 10.3 Å². The van der Waals surface area contributed by atoms with Crippen LogP contribution in [0, 0.1) is 40.4 Å². The van der Waals surface area contributed by atoms with Crippen LogP contribution in [0.15, 0.2) is 11.6 Å². The molecule has 0 amide bonds. The van der Waals surface area contributed by atoms with Gasteiger partial charge in [0.1, 0.15) is 0 Å². The minimum atomic E-state index is -1.35. The van der Waals surface area contributed by atoms with Crippen LogP contribution in [0.25, 0.3) is 0 Å². The second-order valence-corrected chi connectivity index (χ2v) is 16.3. The Bertz CT molecular complexity index is 677. The van der Waals surface area contributed by atoms with Crippen LogP contribution in [0.5, 0.6) is 0 Å². The van der Waals surface area contributed by atoms with E-state index in [2.05, 4.69) is 26.8 Å². The Labute approximate surface area is 187 Å². The largest absolute Gasteiger partial charge is 0.390 e. The highest BCUT2D eigenvalue weighted by molar-refractivity contribution is 8.28. The Balaban J connectivity index is 1.48. The first kappa shape index (κ1) is 23.2. The summed E-state index contributed by atoms with van der Waals surface area (Å²) in [7, 11) is -1.35. The average molecular weight is 437 g/mol. The number of hydrogen-bond donors (Lipinski definition) is 2. The highest BCUT2D eigenvalue weighted by Gasteiger charge is 2.59. The van der Waals surface area contributed by atoms with Crippen LogP contribution in [-0.2, 0) is 0 Å². The molecule has 6 unspecified atom stereocenters. The van der Waals surface area contributed by atoms with Crippen LogP contribution in [0.3, 0.4) is 0 Å². The molecule has 0 radical (unpaired) electrons. The van der Waals surface area contributed by atoms with Crippen molar-refractivity contribution < 1.29 is 9.66 Å². The van der Waals surface area contributed by atoms with Crippen LogP contribution in [0.1, 0.15) is 91.9 Å². The quantitative estimate of drug-likeness (QED) is 0.445. The maximum atomic E-state index is 10.7. The molecule has 4 aliphatic carbocycles. The van der Waals surface area contributed by atoms with E-state index in [-0.39, 0.29) is 0 Å². The van der Waals surface area contributed by atoms with Crippen molar-refractivity contribution >= 4 is 10.3 Å². The minimum absolute atomic E-state index is 0.339. The molecule has 174 valence electrons. The zero-order valence-electron chi connectivity index (χ0n) is 20.5. The zero-order chi connectivity index (χ0) is 21.9. The third-order valence-electron chi connectivity index (χ3n) is 10.4. The van der Waals surface area contributed by atoms with Crippen molar-refractivity contribution in [2.75, 3.05) is 18.3 Å². The maximum Gasteiger partial charge on any atom is 0.0657 e. The molecule has 8 atom stereocenters. The molecule has 4 rings (SSSR count). The SMILES string of the molecule is C[C@H](CCCS(C)(C)O)C1CCC2C3CC=C4C[C@@](C)(O)CCC4(C)C3CCC21C. The van der Waals surface area contributed by atoms with E-state index in [0.717, 1.165) is 48.2 Å². The number of fused-ring (bicyclic) bond motifs is 5. The maximum absolute atomic E-state index is 10.7. The summed E-state index contributed by atoms with van der Waals surface area (Å²) < 4.78 is 10.2. The van der Waals surface area contributed by atoms with Crippen molar-refractivity contribution in [1.82, 2.24) is 0 Å². The molecule has 0 aromatic heterocycles. The van der Waals surface area contributed by atoms with E-state index >= 15 is 0 Å². The molecule has 3 heteroatoms. The van der Waals surface area contributed by atoms with E-state index in [0.29, 0.717) is 10.8 Å². The molecule has 3 saturated carbocycles.